The van der Waals surface area contributed by atoms with Crippen molar-refractivity contribution in [2.24, 2.45) is 0 Å². The van der Waals surface area contributed by atoms with Crippen LogP contribution in [0.3, 0.4) is 0 Å². The summed E-state index contributed by atoms with van der Waals surface area (Å²) >= 11 is 0. The normalized spacial score (nSPS) is 13.9. The van der Waals surface area contributed by atoms with Gasteiger partial charge in [0.25, 0.3) is 0 Å². The second kappa shape index (κ2) is 11.2. The van der Waals surface area contributed by atoms with Gasteiger partial charge in [-0.05, 0) is 53.3 Å². The lowest BCUT2D eigenvalue weighted by molar-refractivity contribution is 0.0136. The number of ether oxygens (including phenoxy) is 2. The minimum atomic E-state index is -1.21. The fourth-order valence-electron chi connectivity index (χ4n) is 4.48. The molecule has 0 heterocycles. The molecular weight excluding hydrogens is 446 g/mol. The number of alkyl carbamates (subject to hydrolysis) is 1. The van der Waals surface area contributed by atoms with Gasteiger partial charge in [-0.1, -0.05) is 54.6 Å². The lowest BCUT2D eigenvalue weighted by Crippen LogP contribution is -2.30. The molecule has 182 valence electrons. The van der Waals surface area contributed by atoms with Crippen molar-refractivity contribution in [2.45, 2.75) is 31.5 Å². The fourth-order valence-corrected chi connectivity index (χ4v) is 4.48. The number of carbonyl (C=O) groups excluding carboxylic acids is 2. The molecule has 3 N–H and O–H groups in total. The highest BCUT2D eigenvalue weighted by Crippen LogP contribution is 2.44. The van der Waals surface area contributed by atoms with Gasteiger partial charge in [0.05, 0.1) is 18.3 Å². The topological polar surface area (TPSA) is 105 Å². The van der Waals surface area contributed by atoms with Crippen LogP contribution in [-0.4, -0.2) is 48.5 Å². The van der Waals surface area contributed by atoms with Gasteiger partial charge in [0.2, 0.25) is 0 Å². The minimum Gasteiger partial charge on any atom is -0.493 e. The summed E-state index contributed by atoms with van der Waals surface area (Å²) in [5.74, 6) is 0.386. The molecule has 0 saturated heterocycles. The van der Waals surface area contributed by atoms with E-state index in [4.69, 9.17) is 9.47 Å². The highest BCUT2D eigenvalue weighted by atomic mass is 16.5. The number of benzene rings is 3. The third-order valence-electron chi connectivity index (χ3n) is 6.22. The Morgan fingerprint density at radius 2 is 1.69 bits per heavy atom. The van der Waals surface area contributed by atoms with Gasteiger partial charge in [-0.15, -0.1) is 0 Å². The lowest BCUT2D eigenvalue weighted by Gasteiger charge is -2.19. The summed E-state index contributed by atoms with van der Waals surface area (Å²) in [5, 5.41) is 23.5. The molecule has 1 aliphatic carbocycles. The molecule has 0 radical (unpaired) electrons. The summed E-state index contributed by atoms with van der Waals surface area (Å²) in [6.45, 7) is 2.54. The summed E-state index contributed by atoms with van der Waals surface area (Å²) in [5.41, 5.74) is 5.26. The molecule has 2 atom stereocenters. The van der Waals surface area contributed by atoms with E-state index in [-0.39, 0.29) is 25.5 Å². The molecule has 0 bridgehead atoms. The molecule has 7 heteroatoms. The van der Waals surface area contributed by atoms with Gasteiger partial charge in [0.15, 0.2) is 6.29 Å². The number of aliphatic hydroxyl groups excluding tert-OH is 2. The molecule has 1 aliphatic rings. The predicted octanol–water partition coefficient (Wildman–Crippen LogP) is 4.22. The standard InChI is InChI=1S/C28H29NO6/c1-2-34-26-12-11-18(15-19(26)16-30)27(32)25(31)13-14-29-28(33)35-17-24-22-9-5-3-7-20(22)21-8-4-6-10-23(21)24/h3-12,15-16,24-25,27,31-32H,2,13-14,17H2,1H3,(H,29,33). The van der Waals surface area contributed by atoms with Crippen LogP contribution in [0.1, 0.15) is 52.4 Å². The quantitative estimate of drug-likeness (QED) is 0.379. The fraction of sp³-hybridized carbons (Fsp3) is 0.286. The molecule has 3 aromatic rings. The van der Waals surface area contributed by atoms with Crippen LogP contribution in [0.15, 0.2) is 66.7 Å². The summed E-state index contributed by atoms with van der Waals surface area (Å²) < 4.78 is 10.9. The molecule has 2 unspecified atom stereocenters. The van der Waals surface area contributed by atoms with Crippen LogP contribution in [0.5, 0.6) is 5.75 Å². The zero-order chi connectivity index (χ0) is 24.8. The van der Waals surface area contributed by atoms with E-state index in [2.05, 4.69) is 29.6 Å². The van der Waals surface area contributed by atoms with Crippen LogP contribution in [0.25, 0.3) is 11.1 Å². The van der Waals surface area contributed by atoms with Gasteiger partial charge in [-0.25, -0.2) is 4.79 Å². The molecule has 0 saturated carbocycles. The molecule has 1 amide bonds. The highest BCUT2D eigenvalue weighted by Gasteiger charge is 2.29. The molecule has 0 spiro atoms. The van der Waals surface area contributed by atoms with E-state index in [0.717, 1.165) is 22.3 Å². The summed E-state index contributed by atoms with van der Waals surface area (Å²) in [6, 6.07) is 20.9. The van der Waals surface area contributed by atoms with E-state index in [9.17, 15) is 19.8 Å². The van der Waals surface area contributed by atoms with E-state index in [1.165, 1.54) is 6.07 Å². The Hall–Kier alpha value is -3.68. The maximum atomic E-state index is 12.3. The number of hydrogen-bond acceptors (Lipinski definition) is 6. The molecular formula is C28H29NO6. The Labute approximate surface area is 204 Å². The van der Waals surface area contributed by atoms with E-state index >= 15 is 0 Å². The van der Waals surface area contributed by atoms with Crippen molar-refractivity contribution in [1.82, 2.24) is 5.32 Å². The zero-order valence-corrected chi connectivity index (χ0v) is 19.5. The van der Waals surface area contributed by atoms with Gasteiger partial charge in [0, 0.05) is 12.5 Å². The van der Waals surface area contributed by atoms with E-state index in [0.29, 0.717) is 29.8 Å². The van der Waals surface area contributed by atoms with Crippen LogP contribution in [0, 0.1) is 0 Å². The number of rotatable bonds is 10. The molecule has 3 aromatic carbocycles. The van der Waals surface area contributed by atoms with Crippen LogP contribution in [0.2, 0.25) is 0 Å². The van der Waals surface area contributed by atoms with Crippen molar-refractivity contribution >= 4 is 12.4 Å². The first-order chi connectivity index (χ1) is 17.0. The lowest BCUT2D eigenvalue weighted by atomic mass is 9.98. The first kappa shape index (κ1) is 24.4. The number of aldehydes is 1. The molecule has 0 aliphatic heterocycles. The van der Waals surface area contributed by atoms with Crippen molar-refractivity contribution in [3.05, 3.63) is 89.0 Å². The molecule has 4 rings (SSSR count). The van der Waals surface area contributed by atoms with Crippen LogP contribution >= 0.6 is 0 Å². The Bertz CT molecular complexity index is 1150. The van der Waals surface area contributed by atoms with Crippen molar-refractivity contribution < 1.29 is 29.3 Å². The summed E-state index contributed by atoms with van der Waals surface area (Å²) in [6.07, 6.45) is -2.19. The predicted molar refractivity (Wildman–Crippen MR) is 132 cm³/mol. The molecule has 0 fully saturated rings. The molecule has 0 aromatic heterocycles. The van der Waals surface area contributed by atoms with Crippen LogP contribution in [-0.2, 0) is 4.74 Å². The third kappa shape index (κ3) is 5.37. The largest absolute Gasteiger partial charge is 0.493 e. The van der Waals surface area contributed by atoms with Gasteiger partial charge in [-0.3, -0.25) is 4.79 Å². The monoisotopic (exact) mass is 475 g/mol. The third-order valence-corrected chi connectivity index (χ3v) is 6.22. The second-order valence-corrected chi connectivity index (χ2v) is 8.40. The van der Waals surface area contributed by atoms with E-state index < -0.39 is 18.3 Å². The first-order valence-corrected chi connectivity index (χ1v) is 11.7. The smallest absolute Gasteiger partial charge is 0.407 e. The minimum absolute atomic E-state index is 0.0350. The number of hydrogen-bond donors (Lipinski definition) is 3. The van der Waals surface area contributed by atoms with Crippen LogP contribution in [0.4, 0.5) is 4.79 Å². The maximum Gasteiger partial charge on any atom is 0.407 e. The van der Waals surface area contributed by atoms with E-state index in [1.54, 1.807) is 12.1 Å². The van der Waals surface area contributed by atoms with Gasteiger partial charge < -0.3 is 25.0 Å². The van der Waals surface area contributed by atoms with Crippen molar-refractivity contribution in [1.29, 1.82) is 0 Å². The Kier molecular flexibility index (Phi) is 7.80. The van der Waals surface area contributed by atoms with Gasteiger partial charge in [-0.2, -0.15) is 0 Å². The van der Waals surface area contributed by atoms with E-state index in [1.807, 2.05) is 31.2 Å². The number of nitrogens with one attached hydrogen (secondary N) is 1. The van der Waals surface area contributed by atoms with Crippen LogP contribution < -0.4 is 10.1 Å². The zero-order valence-electron chi connectivity index (χ0n) is 19.5. The molecule has 35 heavy (non-hydrogen) atoms. The summed E-state index contributed by atoms with van der Waals surface area (Å²) in [4.78, 5) is 23.6. The SMILES string of the molecule is CCOc1ccc(C(O)C(O)CCNC(=O)OCC2c3ccccc3-c3ccccc32)cc1C=O. The van der Waals surface area contributed by atoms with Crippen molar-refractivity contribution in [3.8, 4) is 16.9 Å². The average molecular weight is 476 g/mol. The summed E-state index contributed by atoms with van der Waals surface area (Å²) in [7, 11) is 0. The second-order valence-electron chi connectivity index (χ2n) is 8.40. The number of fused-ring (bicyclic) bond motifs is 3. The van der Waals surface area contributed by atoms with Crippen molar-refractivity contribution in [2.75, 3.05) is 19.8 Å². The van der Waals surface area contributed by atoms with Gasteiger partial charge in [0.1, 0.15) is 18.5 Å². The first-order valence-electron chi connectivity index (χ1n) is 11.7. The number of aliphatic hydroxyl groups is 2. The average Bonchev–Trinajstić information content (AvgIpc) is 3.21. The van der Waals surface area contributed by atoms with Crippen molar-refractivity contribution in [3.63, 3.8) is 0 Å². The number of carbonyl (C=O) groups is 2. The maximum absolute atomic E-state index is 12.3. The molecule has 7 nitrogen and oxygen atoms in total. The Balaban J connectivity index is 1.28. The Morgan fingerprint density at radius 3 is 2.31 bits per heavy atom. The highest BCUT2D eigenvalue weighted by molar-refractivity contribution is 5.80. The Morgan fingerprint density at radius 1 is 1.03 bits per heavy atom. The van der Waals surface area contributed by atoms with Gasteiger partial charge >= 0.3 is 6.09 Å². The number of amides is 1.